The van der Waals surface area contributed by atoms with Crippen LogP contribution in [0.2, 0.25) is 0 Å². The summed E-state index contributed by atoms with van der Waals surface area (Å²) < 4.78 is 0. The Morgan fingerprint density at radius 2 is 2.13 bits per heavy atom. The molecule has 0 bridgehead atoms. The summed E-state index contributed by atoms with van der Waals surface area (Å²) in [6.07, 6.45) is 2.56. The topological polar surface area (TPSA) is 49.6 Å². The zero-order chi connectivity index (χ0) is 15.8. The van der Waals surface area contributed by atoms with E-state index in [0.29, 0.717) is 6.04 Å². The maximum absolute atomic E-state index is 11.3. The summed E-state index contributed by atoms with van der Waals surface area (Å²) in [6, 6.07) is 10.1. The van der Waals surface area contributed by atoms with Gasteiger partial charge in [-0.3, -0.25) is 15.0 Å². The summed E-state index contributed by atoms with van der Waals surface area (Å²) in [7, 11) is 0. The van der Waals surface area contributed by atoms with E-state index in [2.05, 4.69) is 9.80 Å². The standard InChI is InChI=1S/C17H19N3O2S/c21-20(22)16-6-5-13(11-15(16)17-4-2-10-23-17)19-9-8-18-7-1-3-14(18)12-19/h2,4-6,10-11,14H,1,3,7-9,12H2/t14-/m1/s1. The van der Waals surface area contributed by atoms with Gasteiger partial charge >= 0.3 is 0 Å². The van der Waals surface area contributed by atoms with Crippen LogP contribution in [0.25, 0.3) is 10.4 Å². The minimum Gasteiger partial charge on any atom is -0.369 e. The Bertz CT molecular complexity index is 717. The second kappa shape index (κ2) is 5.94. The predicted octanol–water partition coefficient (Wildman–Crippen LogP) is 3.61. The molecular weight excluding hydrogens is 310 g/mol. The lowest BCUT2D eigenvalue weighted by molar-refractivity contribution is -0.384. The zero-order valence-electron chi connectivity index (χ0n) is 12.9. The third kappa shape index (κ3) is 2.72. The van der Waals surface area contributed by atoms with Gasteiger partial charge in [0.2, 0.25) is 0 Å². The molecule has 0 aliphatic carbocycles. The monoisotopic (exact) mass is 329 g/mol. The quantitative estimate of drug-likeness (QED) is 0.637. The molecule has 4 rings (SSSR count). The number of anilines is 1. The molecule has 2 aliphatic heterocycles. The molecule has 2 fully saturated rings. The van der Waals surface area contributed by atoms with Gasteiger partial charge in [-0.05, 0) is 43.0 Å². The largest absolute Gasteiger partial charge is 0.369 e. The number of fused-ring (bicyclic) bond motifs is 1. The van der Waals surface area contributed by atoms with Gasteiger partial charge < -0.3 is 4.90 Å². The van der Waals surface area contributed by atoms with E-state index in [4.69, 9.17) is 0 Å². The molecule has 0 N–H and O–H groups in total. The van der Waals surface area contributed by atoms with Crippen LogP contribution in [0.4, 0.5) is 11.4 Å². The van der Waals surface area contributed by atoms with Gasteiger partial charge in [0.05, 0.1) is 10.5 Å². The molecular formula is C17H19N3O2S. The van der Waals surface area contributed by atoms with Crippen LogP contribution in [-0.2, 0) is 0 Å². The van der Waals surface area contributed by atoms with Crippen LogP contribution < -0.4 is 4.90 Å². The number of benzene rings is 1. The Morgan fingerprint density at radius 3 is 2.91 bits per heavy atom. The van der Waals surface area contributed by atoms with Crippen molar-refractivity contribution in [2.24, 2.45) is 0 Å². The van der Waals surface area contributed by atoms with Crippen molar-refractivity contribution in [3.63, 3.8) is 0 Å². The minimum absolute atomic E-state index is 0.190. The minimum atomic E-state index is -0.284. The van der Waals surface area contributed by atoms with Gasteiger partial charge in [-0.1, -0.05) is 6.07 Å². The van der Waals surface area contributed by atoms with Crippen LogP contribution in [0.3, 0.4) is 0 Å². The van der Waals surface area contributed by atoms with Crippen LogP contribution in [0.15, 0.2) is 35.7 Å². The molecule has 0 saturated carbocycles. The van der Waals surface area contributed by atoms with Gasteiger partial charge in [0.15, 0.2) is 0 Å². The molecule has 0 unspecified atom stereocenters. The first-order valence-corrected chi connectivity index (χ1v) is 8.91. The Balaban J connectivity index is 1.67. The smallest absolute Gasteiger partial charge is 0.278 e. The number of hydrogen-bond donors (Lipinski definition) is 0. The van der Waals surface area contributed by atoms with Crippen LogP contribution in [0, 0.1) is 10.1 Å². The van der Waals surface area contributed by atoms with E-state index in [0.717, 1.165) is 35.8 Å². The van der Waals surface area contributed by atoms with E-state index in [9.17, 15) is 10.1 Å². The number of thiophene rings is 1. The van der Waals surface area contributed by atoms with Gasteiger partial charge in [-0.25, -0.2) is 0 Å². The highest BCUT2D eigenvalue weighted by molar-refractivity contribution is 7.13. The molecule has 2 aromatic rings. The maximum atomic E-state index is 11.3. The molecule has 1 atom stereocenters. The zero-order valence-corrected chi connectivity index (χ0v) is 13.7. The molecule has 0 radical (unpaired) electrons. The Kier molecular flexibility index (Phi) is 3.79. The van der Waals surface area contributed by atoms with Crippen molar-refractivity contribution in [3.05, 3.63) is 45.8 Å². The molecule has 0 spiro atoms. The average molecular weight is 329 g/mol. The van der Waals surface area contributed by atoms with Crippen LogP contribution in [0.5, 0.6) is 0 Å². The third-order valence-corrected chi connectivity index (χ3v) is 5.82. The van der Waals surface area contributed by atoms with Crippen molar-refractivity contribution in [2.45, 2.75) is 18.9 Å². The maximum Gasteiger partial charge on any atom is 0.278 e. The highest BCUT2D eigenvalue weighted by Gasteiger charge is 2.31. The Hall–Kier alpha value is -1.92. The van der Waals surface area contributed by atoms with Gasteiger partial charge in [0.25, 0.3) is 5.69 Å². The SMILES string of the molecule is O=[N+]([O-])c1ccc(N2CCN3CCC[C@@H]3C2)cc1-c1cccs1. The summed E-state index contributed by atoms with van der Waals surface area (Å²) in [6.45, 7) is 4.34. The van der Waals surface area contributed by atoms with Gasteiger partial charge in [0.1, 0.15) is 0 Å². The second-order valence-corrected chi connectivity index (χ2v) is 7.16. The lowest BCUT2D eigenvalue weighted by Gasteiger charge is -2.38. The van der Waals surface area contributed by atoms with Gasteiger partial charge in [-0.2, -0.15) is 0 Å². The second-order valence-electron chi connectivity index (χ2n) is 6.21. The van der Waals surface area contributed by atoms with E-state index < -0.39 is 0 Å². The first kappa shape index (κ1) is 14.7. The molecule has 120 valence electrons. The van der Waals surface area contributed by atoms with Crippen molar-refractivity contribution in [3.8, 4) is 10.4 Å². The first-order valence-electron chi connectivity index (χ1n) is 8.04. The number of nitrogens with zero attached hydrogens (tertiary/aromatic N) is 3. The van der Waals surface area contributed by atoms with E-state index in [1.54, 1.807) is 17.4 Å². The summed E-state index contributed by atoms with van der Waals surface area (Å²) in [4.78, 5) is 17.0. The molecule has 3 heterocycles. The van der Waals surface area contributed by atoms with Crippen LogP contribution in [-0.4, -0.2) is 42.0 Å². The molecule has 2 aliphatic rings. The van der Waals surface area contributed by atoms with E-state index in [1.165, 1.54) is 19.4 Å². The summed E-state index contributed by atoms with van der Waals surface area (Å²) >= 11 is 1.55. The Labute approximate surface area is 139 Å². The van der Waals surface area contributed by atoms with Crippen LogP contribution in [0.1, 0.15) is 12.8 Å². The molecule has 1 aromatic heterocycles. The van der Waals surface area contributed by atoms with Gasteiger partial charge in [-0.15, -0.1) is 11.3 Å². The molecule has 1 aromatic carbocycles. The van der Waals surface area contributed by atoms with E-state index >= 15 is 0 Å². The first-order chi connectivity index (χ1) is 11.2. The van der Waals surface area contributed by atoms with Crippen molar-refractivity contribution < 1.29 is 4.92 Å². The fourth-order valence-corrected chi connectivity index (χ4v) is 4.49. The van der Waals surface area contributed by atoms with Crippen molar-refractivity contribution >= 4 is 22.7 Å². The fourth-order valence-electron chi connectivity index (χ4n) is 3.73. The van der Waals surface area contributed by atoms with E-state index in [1.807, 2.05) is 29.6 Å². The molecule has 5 nitrogen and oxygen atoms in total. The summed E-state index contributed by atoms with van der Waals surface area (Å²) in [5, 5.41) is 13.3. The highest BCUT2D eigenvalue weighted by atomic mass is 32.1. The van der Waals surface area contributed by atoms with Gasteiger partial charge in [0, 0.05) is 42.3 Å². The molecule has 2 saturated heterocycles. The van der Waals surface area contributed by atoms with Crippen molar-refractivity contribution in [1.82, 2.24) is 4.90 Å². The summed E-state index contributed by atoms with van der Waals surface area (Å²) in [5.74, 6) is 0. The lowest BCUT2D eigenvalue weighted by Crippen LogP contribution is -2.50. The third-order valence-electron chi connectivity index (χ3n) is 4.92. The lowest BCUT2D eigenvalue weighted by atomic mass is 10.1. The van der Waals surface area contributed by atoms with Crippen molar-refractivity contribution in [2.75, 3.05) is 31.1 Å². The number of nitro groups is 1. The Morgan fingerprint density at radius 1 is 1.22 bits per heavy atom. The molecule has 6 heteroatoms. The average Bonchev–Trinajstić information content (AvgIpc) is 3.25. The normalized spacial score (nSPS) is 21.4. The van der Waals surface area contributed by atoms with Crippen molar-refractivity contribution in [1.29, 1.82) is 0 Å². The number of rotatable bonds is 3. The molecule has 23 heavy (non-hydrogen) atoms. The molecule has 0 amide bonds. The van der Waals surface area contributed by atoms with E-state index in [-0.39, 0.29) is 10.6 Å². The summed E-state index contributed by atoms with van der Waals surface area (Å²) in [5.41, 5.74) is 2.03. The van der Waals surface area contributed by atoms with Crippen LogP contribution >= 0.6 is 11.3 Å². The highest BCUT2D eigenvalue weighted by Crippen LogP contribution is 2.37. The predicted molar refractivity (Wildman–Crippen MR) is 93.2 cm³/mol. The number of nitro benzene ring substituents is 1. The fraction of sp³-hybridized carbons (Fsp3) is 0.412. The number of piperazine rings is 1. The number of hydrogen-bond acceptors (Lipinski definition) is 5.